The van der Waals surface area contributed by atoms with Crippen LogP contribution in [0.2, 0.25) is 0 Å². The lowest BCUT2D eigenvalue weighted by Crippen LogP contribution is -2.02. The van der Waals surface area contributed by atoms with Crippen LogP contribution in [0.5, 0.6) is 0 Å². The van der Waals surface area contributed by atoms with E-state index < -0.39 is 0 Å². The van der Waals surface area contributed by atoms with Gasteiger partial charge in [-0.05, 0) is 18.2 Å². The SMILES string of the molecule is c1cnc2c(NCc3ccncn3)cccc2c1. The first-order valence-corrected chi connectivity index (χ1v) is 5.76. The van der Waals surface area contributed by atoms with Crippen molar-refractivity contribution in [1.29, 1.82) is 0 Å². The molecule has 0 radical (unpaired) electrons. The highest BCUT2D eigenvalue weighted by Crippen LogP contribution is 2.20. The predicted molar refractivity (Wildman–Crippen MR) is 71.1 cm³/mol. The van der Waals surface area contributed by atoms with Crippen LogP contribution in [0.25, 0.3) is 10.9 Å². The Kier molecular flexibility index (Phi) is 2.84. The van der Waals surface area contributed by atoms with E-state index in [-0.39, 0.29) is 0 Å². The van der Waals surface area contributed by atoms with E-state index in [1.807, 2.05) is 24.3 Å². The molecule has 2 heterocycles. The van der Waals surface area contributed by atoms with Crippen LogP contribution in [-0.2, 0) is 6.54 Å². The third kappa shape index (κ3) is 2.13. The topological polar surface area (TPSA) is 50.7 Å². The molecule has 0 aliphatic rings. The molecular weight excluding hydrogens is 224 g/mol. The van der Waals surface area contributed by atoms with Gasteiger partial charge in [0.15, 0.2) is 0 Å². The maximum absolute atomic E-state index is 4.40. The van der Waals surface area contributed by atoms with Crippen molar-refractivity contribution in [3.05, 3.63) is 60.8 Å². The molecule has 0 unspecified atom stereocenters. The minimum absolute atomic E-state index is 0.665. The number of rotatable bonds is 3. The molecule has 0 fully saturated rings. The molecular formula is C14H12N4. The van der Waals surface area contributed by atoms with Gasteiger partial charge in [-0.2, -0.15) is 0 Å². The summed E-state index contributed by atoms with van der Waals surface area (Å²) in [5, 5.41) is 4.48. The fraction of sp³-hybridized carbons (Fsp3) is 0.0714. The largest absolute Gasteiger partial charge is 0.378 e. The summed E-state index contributed by atoms with van der Waals surface area (Å²) in [6, 6.07) is 12.0. The molecule has 18 heavy (non-hydrogen) atoms. The second kappa shape index (κ2) is 4.79. The maximum Gasteiger partial charge on any atom is 0.115 e. The number of benzene rings is 1. The fourth-order valence-electron chi connectivity index (χ4n) is 1.86. The number of para-hydroxylation sites is 1. The summed E-state index contributed by atoms with van der Waals surface area (Å²) in [6.45, 7) is 0.665. The Bertz CT molecular complexity index is 647. The standard InChI is InChI=1S/C14H12N4/c1-3-11-4-2-7-16-14(11)13(5-1)17-9-12-6-8-15-10-18-12/h1-8,10,17H,9H2. The van der Waals surface area contributed by atoms with Crippen molar-refractivity contribution in [3.8, 4) is 0 Å². The molecule has 0 spiro atoms. The van der Waals surface area contributed by atoms with E-state index in [0.29, 0.717) is 6.54 Å². The van der Waals surface area contributed by atoms with Crippen molar-refractivity contribution in [2.24, 2.45) is 0 Å². The molecule has 0 atom stereocenters. The van der Waals surface area contributed by atoms with E-state index in [9.17, 15) is 0 Å². The summed E-state index contributed by atoms with van der Waals surface area (Å²) >= 11 is 0. The monoisotopic (exact) mass is 236 g/mol. The van der Waals surface area contributed by atoms with Gasteiger partial charge in [0.05, 0.1) is 23.4 Å². The van der Waals surface area contributed by atoms with Crippen LogP contribution in [0.1, 0.15) is 5.69 Å². The molecule has 4 nitrogen and oxygen atoms in total. The number of anilines is 1. The Hall–Kier alpha value is -2.49. The van der Waals surface area contributed by atoms with Gasteiger partial charge in [-0.1, -0.05) is 18.2 Å². The number of nitrogens with one attached hydrogen (secondary N) is 1. The van der Waals surface area contributed by atoms with Crippen LogP contribution in [0.3, 0.4) is 0 Å². The van der Waals surface area contributed by atoms with Gasteiger partial charge in [-0.25, -0.2) is 9.97 Å². The maximum atomic E-state index is 4.40. The highest BCUT2D eigenvalue weighted by atomic mass is 14.9. The Labute approximate surface area is 105 Å². The quantitative estimate of drug-likeness (QED) is 0.759. The number of hydrogen-bond acceptors (Lipinski definition) is 4. The van der Waals surface area contributed by atoms with E-state index >= 15 is 0 Å². The molecule has 3 rings (SSSR count). The molecule has 0 bridgehead atoms. The van der Waals surface area contributed by atoms with Gasteiger partial charge >= 0.3 is 0 Å². The van der Waals surface area contributed by atoms with Crippen LogP contribution in [0.4, 0.5) is 5.69 Å². The van der Waals surface area contributed by atoms with Crippen molar-refractivity contribution in [2.75, 3.05) is 5.32 Å². The van der Waals surface area contributed by atoms with Gasteiger partial charge in [0.1, 0.15) is 6.33 Å². The van der Waals surface area contributed by atoms with Crippen molar-refractivity contribution in [1.82, 2.24) is 15.0 Å². The highest BCUT2D eigenvalue weighted by Gasteiger charge is 2.01. The Morgan fingerprint density at radius 1 is 0.944 bits per heavy atom. The van der Waals surface area contributed by atoms with Gasteiger partial charge < -0.3 is 5.32 Å². The van der Waals surface area contributed by atoms with Crippen molar-refractivity contribution in [2.45, 2.75) is 6.54 Å². The van der Waals surface area contributed by atoms with Crippen molar-refractivity contribution in [3.63, 3.8) is 0 Å². The summed E-state index contributed by atoms with van der Waals surface area (Å²) in [5.41, 5.74) is 2.96. The first-order valence-electron chi connectivity index (χ1n) is 5.76. The fourth-order valence-corrected chi connectivity index (χ4v) is 1.86. The zero-order valence-electron chi connectivity index (χ0n) is 9.74. The van der Waals surface area contributed by atoms with Crippen molar-refractivity contribution >= 4 is 16.6 Å². The number of aromatic nitrogens is 3. The Morgan fingerprint density at radius 3 is 2.78 bits per heavy atom. The second-order valence-corrected chi connectivity index (χ2v) is 3.93. The zero-order valence-corrected chi connectivity index (χ0v) is 9.74. The lowest BCUT2D eigenvalue weighted by molar-refractivity contribution is 1.01. The average Bonchev–Trinajstić information content (AvgIpc) is 2.46. The number of fused-ring (bicyclic) bond motifs is 1. The summed E-state index contributed by atoms with van der Waals surface area (Å²) in [4.78, 5) is 12.5. The first kappa shape index (κ1) is 10.7. The molecule has 3 aromatic rings. The van der Waals surface area contributed by atoms with E-state index in [2.05, 4.69) is 32.4 Å². The van der Waals surface area contributed by atoms with Gasteiger partial charge in [0, 0.05) is 17.8 Å². The van der Waals surface area contributed by atoms with Crippen LogP contribution >= 0.6 is 0 Å². The van der Waals surface area contributed by atoms with Gasteiger partial charge in [-0.3, -0.25) is 4.98 Å². The molecule has 0 aliphatic carbocycles. The molecule has 2 aromatic heterocycles. The van der Waals surface area contributed by atoms with Gasteiger partial charge in [-0.15, -0.1) is 0 Å². The number of nitrogens with zero attached hydrogens (tertiary/aromatic N) is 3. The Morgan fingerprint density at radius 2 is 1.89 bits per heavy atom. The minimum Gasteiger partial charge on any atom is -0.378 e. The highest BCUT2D eigenvalue weighted by molar-refractivity contribution is 5.90. The van der Waals surface area contributed by atoms with E-state index in [0.717, 1.165) is 22.3 Å². The minimum atomic E-state index is 0.665. The molecule has 0 saturated heterocycles. The molecule has 0 saturated carbocycles. The molecule has 88 valence electrons. The molecule has 0 amide bonds. The van der Waals surface area contributed by atoms with E-state index in [1.54, 1.807) is 18.7 Å². The van der Waals surface area contributed by atoms with E-state index in [1.165, 1.54) is 0 Å². The van der Waals surface area contributed by atoms with Crippen LogP contribution in [0, 0.1) is 0 Å². The molecule has 4 heteroatoms. The zero-order chi connectivity index (χ0) is 12.2. The second-order valence-electron chi connectivity index (χ2n) is 3.93. The third-order valence-electron chi connectivity index (χ3n) is 2.74. The first-order chi connectivity index (χ1) is 8.93. The predicted octanol–water partition coefficient (Wildman–Crippen LogP) is 2.64. The summed E-state index contributed by atoms with van der Waals surface area (Å²) in [7, 11) is 0. The van der Waals surface area contributed by atoms with Crippen LogP contribution < -0.4 is 5.32 Å². The summed E-state index contributed by atoms with van der Waals surface area (Å²) in [5.74, 6) is 0. The molecule has 1 N–H and O–H groups in total. The third-order valence-corrected chi connectivity index (χ3v) is 2.74. The Balaban J connectivity index is 1.87. The van der Waals surface area contributed by atoms with Crippen LogP contribution in [-0.4, -0.2) is 15.0 Å². The summed E-state index contributed by atoms with van der Waals surface area (Å²) < 4.78 is 0. The smallest absolute Gasteiger partial charge is 0.115 e. The number of pyridine rings is 1. The number of hydrogen-bond donors (Lipinski definition) is 1. The van der Waals surface area contributed by atoms with Crippen LogP contribution in [0.15, 0.2) is 55.1 Å². The van der Waals surface area contributed by atoms with E-state index in [4.69, 9.17) is 0 Å². The molecule has 1 aromatic carbocycles. The summed E-state index contributed by atoms with van der Waals surface area (Å²) in [6.07, 6.45) is 5.10. The normalized spacial score (nSPS) is 10.4. The van der Waals surface area contributed by atoms with Crippen molar-refractivity contribution < 1.29 is 0 Å². The van der Waals surface area contributed by atoms with Gasteiger partial charge in [0.2, 0.25) is 0 Å². The lowest BCUT2D eigenvalue weighted by Gasteiger charge is -2.08. The lowest BCUT2D eigenvalue weighted by atomic mass is 10.2. The molecule has 0 aliphatic heterocycles. The van der Waals surface area contributed by atoms with Gasteiger partial charge in [0.25, 0.3) is 0 Å². The average molecular weight is 236 g/mol.